The minimum atomic E-state index is 0.483. The molecule has 3 nitrogen and oxygen atoms in total. The third-order valence-corrected chi connectivity index (χ3v) is 3.18. The molecule has 1 aromatic rings. The summed E-state index contributed by atoms with van der Waals surface area (Å²) >= 11 is 0. The predicted molar refractivity (Wildman–Crippen MR) is 58.6 cm³/mol. The van der Waals surface area contributed by atoms with E-state index in [1.54, 1.807) is 12.5 Å². The molecule has 0 atom stereocenters. The van der Waals surface area contributed by atoms with Crippen LogP contribution in [0.1, 0.15) is 31.2 Å². The van der Waals surface area contributed by atoms with E-state index in [2.05, 4.69) is 5.32 Å². The molecule has 2 rings (SSSR count). The first-order chi connectivity index (χ1) is 7.38. The Kier molecular flexibility index (Phi) is 3.80. The fourth-order valence-corrected chi connectivity index (χ4v) is 2.16. The SMILES string of the molecule is COC1CCC(NCc2ccoc2)CC1. The number of furan rings is 1. The quantitative estimate of drug-likeness (QED) is 0.826. The molecule has 1 aliphatic rings. The molecule has 0 aromatic carbocycles. The molecule has 0 saturated heterocycles. The van der Waals surface area contributed by atoms with Crippen LogP contribution in [-0.2, 0) is 11.3 Å². The van der Waals surface area contributed by atoms with Gasteiger partial charge in [0.15, 0.2) is 0 Å². The van der Waals surface area contributed by atoms with E-state index in [4.69, 9.17) is 9.15 Å². The van der Waals surface area contributed by atoms with Gasteiger partial charge in [0.25, 0.3) is 0 Å². The molecule has 1 aromatic heterocycles. The minimum Gasteiger partial charge on any atom is -0.472 e. The molecule has 84 valence electrons. The second-order valence-electron chi connectivity index (χ2n) is 4.22. The maximum atomic E-state index is 5.35. The molecule has 1 aliphatic carbocycles. The third kappa shape index (κ3) is 3.08. The second-order valence-corrected chi connectivity index (χ2v) is 4.22. The maximum Gasteiger partial charge on any atom is 0.0947 e. The molecule has 0 bridgehead atoms. The normalized spacial score (nSPS) is 26.7. The van der Waals surface area contributed by atoms with Gasteiger partial charge in [-0.05, 0) is 31.7 Å². The Morgan fingerprint density at radius 1 is 1.40 bits per heavy atom. The van der Waals surface area contributed by atoms with Gasteiger partial charge in [0.2, 0.25) is 0 Å². The molecule has 1 saturated carbocycles. The van der Waals surface area contributed by atoms with Crippen LogP contribution in [0, 0.1) is 0 Å². The molecule has 1 heterocycles. The van der Waals surface area contributed by atoms with Crippen molar-refractivity contribution in [2.75, 3.05) is 7.11 Å². The van der Waals surface area contributed by atoms with Gasteiger partial charge in [-0.3, -0.25) is 0 Å². The van der Waals surface area contributed by atoms with Crippen LogP contribution in [-0.4, -0.2) is 19.3 Å². The first-order valence-corrected chi connectivity index (χ1v) is 5.65. The number of rotatable bonds is 4. The smallest absolute Gasteiger partial charge is 0.0947 e. The predicted octanol–water partition coefficient (Wildman–Crippen LogP) is 2.33. The summed E-state index contributed by atoms with van der Waals surface area (Å²) in [6.45, 7) is 0.915. The lowest BCUT2D eigenvalue weighted by Crippen LogP contribution is -2.34. The summed E-state index contributed by atoms with van der Waals surface area (Å²) in [7, 11) is 1.81. The summed E-state index contributed by atoms with van der Waals surface area (Å²) in [5.74, 6) is 0. The number of hydrogen-bond acceptors (Lipinski definition) is 3. The monoisotopic (exact) mass is 209 g/mol. The topological polar surface area (TPSA) is 34.4 Å². The van der Waals surface area contributed by atoms with E-state index in [0.717, 1.165) is 6.54 Å². The van der Waals surface area contributed by atoms with Crippen molar-refractivity contribution < 1.29 is 9.15 Å². The zero-order valence-electron chi connectivity index (χ0n) is 9.24. The van der Waals surface area contributed by atoms with Crippen LogP contribution in [0.3, 0.4) is 0 Å². The highest BCUT2D eigenvalue weighted by Gasteiger charge is 2.20. The molecule has 15 heavy (non-hydrogen) atoms. The van der Waals surface area contributed by atoms with Gasteiger partial charge >= 0.3 is 0 Å². The zero-order chi connectivity index (χ0) is 10.5. The van der Waals surface area contributed by atoms with Gasteiger partial charge in [0.05, 0.1) is 18.6 Å². The van der Waals surface area contributed by atoms with Crippen molar-refractivity contribution >= 4 is 0 Å². The standard InChI is InChI=1S/C12H19NO2/c1-14-12-4-2-11(3-5-12)13-8-10-6-7-15-9-10/h6-7,9,11-13H,2-5,8H2,1H3. The Bertz CT molecular complexity index is 263. The summed E-state index contributed by atoms with van der Waals surface area (Å²) in [5.41, 5.74) is 1.23. The van der Waals surface area contributed by atoms with Gasteiger partial charge in [-0.15, -0.1) is 0 Å². The Balaban J connectivity index is 1.69. The van der Waals surface area contributed by atoms with E-state index >= 15 is 0 Å². The molecular weight excluding hydrogens is 190 g/mol. The van der Waals surface area contributed by atoms with Crippen molar-refractivity contribution in [1.29, 1.82) is 0 Å². The summed E-state index contributed by atoms with van der Waals surface area (Å²) < 4.78 is 10.4. The van der Waals surface area contributed by atoms with E-state index in [9.17, 15) is 0 Å². The molecule has 0 radical (unpaired) electrons. The van der Waals surface area contributed by atoms with E-state index in [1.165, 1.54) is 31.2 Å². The lowest BCUT2D eigenvalue weighted by molar-refractivity contribution is 0.0624. The summed E-state index contributed by atoms with van der Waals surface area (Å²) in [5, 5.41) is 3.55. The van der Waals surface area contributed by atoms with Crippen LogP contribution in [0.25, 0.3) is 0 Å². The van der Waals surface area contributed by atoms with Crippen LogP contribution >= 0.6 is 0 Å². The van der Waals surface area contributed by atoms with Crippen LogP contribution < -0.4 is 5.32 Å². The van der Waals surface area contributed by atoms with Crippen molar-refractivity contribution in [3.8, 4) is 0 Å². The van der Waals surface area contributed by atoms with Gasteiger partial charge in [0.1, 0.15) is 0 Å². The van der Waals surface area contributed by atoms with Crippen LogP contribution in [0.15, 0.2) is 23.0 Å². The molecule has 1 N–H and O–H groups in total. The van der Waals surface area contributed by atoms with Crippen LogP contribution in [0.4, 0.5) is 0 Å². The Morgan fingerprint density at radius 3 is 2.80 bits per heavy atom. The zero-order valence-corrected chi connectivity index (χ0v) is 9.24. The molecule has 0 amide bonds. The van der Waals surface area contributed by atoms with Crippen molar-refractivity contribution in [3.05, 3.63) is 24.2 Å². The van der Waals surface area contributed by atoms with Crippen LogP contribution in [0.2, 0.25) is 0 Å². The summed E-state index contributed by atoms with van der Waals surface area (Å²) in [6, 6.07) is 2.65. The van der Waals surface area contributed by atoms with E-state index < -0.39 is 0 Å². The molecule has 0 unspecified atom stereocenters. The molecule has 1 fully saturated rings. The van der Waals surface area contributed by atoms with E-state index in [0.29, 0.717) is 12.1 Å². The highest BCUT2D eigenvalue weighted by Crippen LogP contribution is 2.20. The van der Waals surface area contributed by atoms with Crippen molar-refractivity contribution in [2.24, 2.45) is 0 Å². The molecule has 3 heteroatoms. The molecule has 0 aliphatic heterocycles. The number of hydrogen-bond donors (Lipinski definition) is 1. The number of nitrogens with one attached hydrogen (secondary N) is 1. The molecular formula is C12H19NO2. The highest BCUT2D eigenvalue weighted by atomic mass is 16.5. The lowest BCUT2D eigenvalue weighted by Gasteiger charge is -2.28. The third-order valence-electron chi connectivity index (χ3n) is 3.18. The number of ether oxygens (including phenoxy) is 1. The van der Waals surface area contributed by atoms with E-state index in [1.807, 2.05) is 13.2 Å². The van der Waals surface area contributed by atoms with Gasteiger partial charge in [0, 0.05) is 25.3 Å². The lowest BCUT2D eigenvalue weighted by atomic mass is 9.93. The Hall–Kier alpha value is -0.800. The first kappa shape index (κ1) is 10.7. The average Bonchev–Trinajstić information content (AvgIpc) is 2.80. The minimum absolute atomic E-state index is 0.483. The fourth-order valence-electron chi connectivity index (χ4n) is 2.16. The molecule has 0 spiro atoms. The largest absolute Gasteiger partial charge is 0.472 e. The first-order valence-electron chi connectivity index (χ1n) is 5.65. The summed E-state index contributed by atoms with van der Waals surface area (Å²) in [4.78, 5) is 0. The van der Waals surface area contributed by atoms with Crippen molar-refractivity contribution in [1.82, 2.24) is 5.32 Å². The Morgan fingerprint density at radius 2 is 2.20 bits per heavy atom. The Labute approximate surface area is 90.8 Å². The van der Waals surface area contributed by atoms with Crippen molar-refractivity contribution in [2.45, 2.75) is 44.4 Å². The second kappa shape index (κ2) is 5.33. The number of methoxy groups -OCH3 is 1. The van der Waals surface area contributed by atoms with Gasteiger partial charge in [-0.2, -0.15) is 0 Å². The van der Waals surface area contributed by atoms with Gasteiger partial charge in [-0.1, -0.05) is 0 Å². The van der Waals surface area contributed by atoms with Gasteiger partial charge < -0.3 is 14.5 Å². The summed E-state index contributed by atoms with van der Waals surface area (Å²) in [6.07, 6.45) is 8.80. The van der Waals surface area contributed by atoms with Gasteiger partial charge in [-0.25, -0.2) is 0 Å². The highest BCUT2D eigenvalue weighted by molar-refractivity contribution is 5.04. The van der Waals surface area contributed by atoms with Crippen molar-refractivity contribution in [3.63, 3.8) is 0 Å². The maximum absolute atomic E-state index is 5.35. The van der Waals surface area contributed by atoms with E-state index in [-0.39, 0.29) is 0 Å². The average molecular weight is 209 g/mol. The van der Waals surface area contributed by atoms with Crippen LogP contribution in [0.5, 0.6) is 0 Å². The fraction of sp³-hybridized carbons (Fsp3) is 0.667.